The van der Waals surface area contributed by atoms with Gasteiger partial charge in [-0.1, -0.05) is 30.3 Å². The molecule has 0 aliphatic carbocycles. The molecule has 6 heteroatoms. The van der Waals surface area contributed by atoms with Gasteiger partial charge >= 0.3 is 5.97 Å². The van der Waals surface area contributed by atoms with E-state index in [2.05, 4.69) is 15.0 Å². The first-order valence-electron chi connectivity index (χ1n) is 8.10. The van der Waals surface area contributed by atoms with E-state index in [-0.39, 0.29) is 5.92 Å². The van der Waals surface area contributed by atoms with Crippen LogP contribution in [-0.2, 0) is 4.79 Å². The molecule has 0 radical (unpaired) electrons. The summed E-state index contributed by atoms with van der Waals surface area (Å²) in [5.74, 6) is -0.263. The summed E-state index contributed by atoms with van der Waals surface area (Å²) in [5, 5.41) is 13.9. The van der Waals surface area contributed by atoms with Gasteiger partial charge in [-0.2, -0.15) is 5.10 Å². The molecule has 2 aromatic heterocycles. The van der Waals surface area contributed by atoms with Crippen molar-refractivity contribution in [3.8, 4) is 11.3 Å². The summed E-state index contributed by atoms with van der Waals surface area (Å²) in [5.41, 5.74) is 2.84. The van der Waals surface area contributed by atoms with Crippen molar-refractivity contribution in [2.75, 3.05) is 18.0 Å². The van der Waals surface area contributed by atoms with Crippen molar-refractivity contribution in [1.82, 2.24) is 14.6 Å². The van der Waals surface area contributed by atoms with Crippen LogP contribution in [0.3, 0.4) is 0 Å². The molecule has 1 saturated heterocycles. The molecule has 1 aliphatic heterocycles. The first kappa shape index (κ1) is 14.7. The highest BCUT2D eigenvalue weighted by atomic mass is 16.4. The van der Waals surface area contributed by atoms with Gasteiger partial charge in [0.1, 0.15) is 5.52 Å². The van der Waals surface area contributed by atoms with Crippen LogP contribution in [0.4, 0.5) is 5.82 Å². The Balaban J connectivity index is 1.74. The maximum Gasteiger partial charge on any atom is 0.308 e. The highest BCUT2D eigenvalue weighted by Gasteiger charge is 2.27. The lowest BCUT2D eigenvalue weighted by Gasteiger charge is -2.31. The van der Waals surface area contributed by atoms with Gasteiger partial charge in [0.05, 0.1) is 11.6 Å². The summed E-state index contributed by atoms with van der Waals surface area (Å²) in [6, 6.07) is 12.0. The maximum atomic E-state index is 11.3. The molecule has 1 aromatic carbocycles. The Hall–Kier alpha value is -2.89. The number of aliphatic carboxylic acids is 1. The van der Waals surface area contributed by atoms with Crippen molar-refractivity contribution >= 4 is 17.3 Å². The molecule has 1 aliphatic rings. The van der Waals surface area contributed by atoms with Crippen LogP contribution in [0, 0.1) is 5.92 Å². The summed E-state index contributed by atoms with van der Waals surface area (Å²) < 4.78 is 1.81. The molecule has 1 unspecified atom stereocenters. The maximum absolute atomic E-state index is 11.3. The predicted octanol–water partition coefficient (Wildman–Crippen LogP) is 2.70. The molecule has 3 heterocycles. The van der Waals surface area contributed by atoms with E-state index in [0.717, 1.165) is 42.0 Å². The largest absolute Gasteiger partial charge is 0.481 e. The Kier molecular flexibility index (Phi) is 3.65. The van der Waals surface area contributed by atoms with E-state index in [1.807, 2.05) is 47.1 Å². The Morgan fingerprint density at radius 2 is 2.08 bits per heavy atom. The lowest BCUT2D eigenvalue weighted by Crippen LogP contribution is -2.39. The zero-order valence-electron chi connectivity index (χ0n) is 13.2. The second kappa shape index (κ2) is 5.96. The number of piperidine rings is 1. The number of carboxylic acids is 1. The molecule has 122 valence electrons. The lowest BCUT2D eigenvalue weighted by molar-refractivity contribution is -0.141. The third-order valence-electron chi connectivity index (χ3n) is 4.51. The van der Waals surface area contributed by atoms with Crippen LogP contribution in [0.1, 0.15) is 12.8 Å². The Bertz CT molecular complexity index is 875. The third-order valence-corrected chi connectivity index (χ3v) is 4.51. The summed E-state index contributed by atoms with van der Waals surface area (Å²) in [6.07, 6.45) is 5.13. The number of carboxylic acid groups (broad SMARTS) is 1. The molecular formula is C18H18N4O2. The fourth-order valence-electron chi connectivity index (χ4n) is 3.27. The molecule has 0 bridgehead atoms. The molecule has 0 saturated carbocycles. The molecule has 1 atom stereocenters. The number of hydrogen-bond donors (Lipinski definition) is 1. The number of benzene rings is 1. The number of anilines is 1. The van der Waals surface area contributed by atoms with Crippen LogP contribution in [-0.4, -0.2) is 38.8 Å². The first-order chi connectivity index (χ1) is 11.7. The second-order valence-electron chi connectivity index (χ2n) is 6.10. The van der Waals surface area contributed by atoms with Crippen molar-refractivity contribution in [3.05, 3.63) is 48.8 Å². The minimum Gasteiger partial charge on any atom is -0.481 e. The molecule has 6 nitrogen and oxygen atoms in total. The van der Waals surface area contributed by atoms with Gasteiger partial charge in [0.25, 0.3) is 0 Å². The molecule has 1 N–H and O–H groups in total. The van der Waals surface area contributed by atoms with Gasteiger partial charge in [-0.05, 0) is 18.9 Å². The molecule has 1 fully saturated rings. The number of hydrogen-bond acceptors (Lipinski definition) is 4. The summed E-state index contributed by atoms with van der Waals surface area (Å²) in [6.45, 7) is 1.32. The first-order valence-corrected chi connectivity index (χ1v) is 8.10. The van der Waals surface area contributed by atoms with Crippen molar-refractivity contribution in [1.29, 1.82) is 0 Å². The lowest BCUT2D eigenvalue weighted by atomic mass is 9.98. The molecule has 3 aromatic rings. The minimum atomic E-state index is -0.731. The zero-order chi connectivity index (χ0) is 16.5. The monoisotopic (exact) mass is 322 g/mol. The second-order valence-corrected chi connectivity index (χ2v) is 6.10. The van der Waals surface area contributed by atoms with E-state index in [4.69, 9.17) is 0 Å². The van der Waals surface area contributed by atoms with E-state index in [1.54, 1.807) is 6.20 Å². The van der Waals surface area contributed by atoms with Crippen molar-refractivity contribution in [3.63, 3.8) is 0 Å². The topological polar surface area (TPSA) is 70.7 Å². The number of rotatable bonds is 3. The van der Waals surface area contributed by atoms with E-state index in [1.165, 1.54) is 0 Å². The van der Waals surface area contributed by atoms with Crippen LogP contribution >= 0.6 is 0 Å². The Morgan fingerprint density at radius 3 is 2.88 bits per heavy atom. The van der Waals surface area contributed by atoms with Crippen LogP contribution in [0.15, 0.2) is 48.8 Å². The van der Waals surface area contributed by atoms with Crippen LogP contribution in [0.25, 0.3) is 16.8 Å². The SMILES string of the molecule is O=C(O)C1CCCN(c2nccn3nc(-c4ccccc4)cc23)C1. The summed E-state index contributed by atoms with van der Waals surface area (Å²) in [7, 11) is 0. The molecule has 4 rings (SSSR count). The van der Waals surface area contributed by atoms with Gasteiger partial charge in [0.15, 0.2) is 5.82 Å². The Morgan fingerprint density at radius 1 is 1.25 bits per heavy atom. The highest BCUT2D eigenvalue weighted by Crippen LogP contribution is 2.28. The molecular weight excluding hydrogens is 304 g/mol. The number of fused-ring (bicyclic) bond motifs is 1. The van der Waals surface area contributed by atoms with Crippen molar-refractivity contribution in [2.45, 2.75) is 12.8 Å². The van der Waals surface area contributed by atoms with Crippen LogP contribution < -0.4 is 4.90 Å². The molecule has 0 spiro atoms. The quantitative estimate of drug-likeness (QED) is 0.803. The fourth-order valence-corrected chi connectivity index (χ4v) is 3.27. The molecule has 24 heavy (non-hydrogen) atoms. The standard InChI is InChI=1S/C18H18N4O2/c23-18(24)14-7-4-9-21(12-14)17-16-11-15(13-5-2-1-3-6-13)20-22(16)10-8-19-17/h1-3,5-6,8,10-11,14H,4,7,9,12H2,(H,23,24). The smallest absolute Gasteiger partial charge is 0.308 e. The Labute approximate surface area is 139 Å². The van der Waals surface area contributed by atoms with Crippen LogP contribution in [0.5, 0.6) is 0 Å². The van der Waals surface area contributed by atoms with Crippen LogP contribution in [0.2, 0.25) is 0 Å². The van der Waals surface area contributed by atoms with E-state index in [9.17, 15) is 9.90 Å². The minimum absolute atomic E-state index is 0.336. The van der Waals surface area contributed by atoms with Gasteiger partial charge in [-0.25, -0.2) is 9.50 Å². The zero-order valence-corrected chi connectivity index (χ0v) is 13.2. The van der Waals surface area contributed by atoms with Gasteiger partial charge < -0.3 is 10.0 Å². The fraction of sp³-hybridized carbons (Fsp3) is 0.278. The average Bonchev–Trinajstić information content (AvgIpc) is 3.07. The number of aromatic nitrogens is 3. The van der Waals surface area contributed by atoms with Gasteiger partial charge in [0.2, 0.25) is 0 Å². The summed E-state index contributed by atoms with van der Waals surface area (Å²) >= 11 is 0. The van der Waals surface area contributed by atoms with Crippen molar-refractivity contribution < 1.29 is 9.90 Å². The van der Waals surface area contributed by atoms with E-state index < -0.39 is 5.97 Å². The molecule has 0 amide bonds. The number of carbonyl (C=O) groups is 1. The number of nitrogens with zero attached hydrogens (tertiary/aromatic N) is 4. The van der Waals surface area contributed by atoms with E-state index >= 15 is 0 Å². The summed E-state index contributed by atoms with van der Waals surface area (Å²) in [4.78, 5) is 17.9. The van der Waals surface area contributed by atoms with E-state index in [0.29, 0.717) is 6.54 Å². The highest BCUT2D eigenvalue weighted by molar-refractivity contribution is 5.76. The van der Waals surface area contributed by atoms with Gasteiger partial charge in [-0.3, -0.25) is 4.79 Å². The third kappa shape index (κ3) is 2.60. The average molecular weight is 322 g/mol. The van der Waals surface area contributed by atoms with Gasteiger partial charge in [-0.15, -0.1) is 0 Å². The van der Waals surface area contributed by atoms with Gasteiger partial charge in [0, 0.05) is 31.0 Å². The predicted molar refractivity (Wildman–Crippen MR) is 91.0 cm³/mol. The normalized spacial score (nSPS) is 18.0. The van der Waals surface area contributed by atoms with Crippen molar-refractivity contribution in [2.24, 2.45) is 5.92 Å².